The second-order valence-electron chi connectivity index (χ2n) is 3.96. The molecule has 0 aromatic heterocycles. The molecule has 3 nitrogen and oxygen atoms in total. The molecule has 0 spiro atoms. The lowest BCUT2D eigenvalue weighted by atomic mass is 10.2. The Morgan fingerprint density at radius 1 is 1.56 bits per heavy atom. The van der Waals surface area contributed by atoms with Gasteiger partial charge in [0, 0.05) is 19.0 Å². The van der Waals surface area contributed by atoms with Crippen molar-refractivity contribution in [3.05, 3.63) is 30.1 Å². The fourth-order valence-electron chi connectivity index (χ4n) is 1.83. The lowest BCUT2D eigenvalue weighted by molar-refractivity contribution is 0.626. The number of benzene rings is 1. The molecule has 1 unspecified atom stereocenters. The predicted molar refractivity (Wildman–Crippen MR) is 64.0 cm³/mol. The first-order valence-electron chi connectivity index (χ1n) is 5.55. The molecule has 0 bridgehead atoms. The highest BCUT2D eigenvalue weighted by Gasteiger charge is 2.24. The monoisotopic (exact) mass is 221 g/mol. The van der Waals surface area contributed by atoms with Crippen molar-refractivity contribution in [2.45, 2.75) is 13.8 Å². The summed E-state index contributed by atoms with van der Waals surface area (Å²) < 4.78 is 13.1. The van der Waals surface area contributed by atoms with Crippen LogP contribution in [0, 0.1) is 11.7 Å². The summed E-state index contributed by atoms with van der Waals surface area (Å²) in [6.07, 6.45) is 0. The zero-order chi connectivity index (χ0) is 11.5. The maximum absolute atomic E-state index is 13.1. The summed E-state index contributed by atoms with van der Waals surface area (Å²) in [5.74, 6) is 1.13. The van der Waals surface area contributed by atoms with Gasteiger partial charge in [-0.1, -0.05) is 13.0 Å². The first-order chi connectivity index (χ1) is 7.70. The number of hydrogen-bond donors (Lipinski definition) is 1. The van der Waals surface area contributed by atoms with E-state index >= 15 is 0 Å². The molecule has 2 rings (SSSR count). The second-order valence-corrected chi connectivity index (χ2v) is 3.96. The molecular weight excluding hydrogens is 205 g/mol. The summed E-state index contributed by atoms with van der Waals surface area (Å²) >= 11 is 0. The molecule has 0 aliphatic carbocycles. The number of rotatable bonds is 2. The van der Waals surface area contributed by atoms with E-state index in [9.17, 15) is 4.39 Å². The van der Waals surface area contributed by atoms with Gasteiger partial charge in [0.1, 0.15) is 11.7 Å². The molecule has 1 saturated heterocycles. The molecule has 4 heteroatoms. The van der Waals surface area contributed by atoms with Crippen LogP contribution >= 0.6 is 0 Å². The Morgan fingerprint density at radius 3 is 3.06 bits per heavy atom. The van der Waals surface area contributed by atoms with E-state index in [1.807, 2.05) is 18.0 Å². The van der Waals surface area contributed by atoms with E-state index in [-0.39, 0.29) is 5.82 Å². The standard InChI is InChI=1S/C12H16FN3/c1-3-14-12-9(2)8-16(15-12)11-6-4-5-10(13)7-11/h4-7,9H,3,8H2,1-2H3,(H,14,15). The average Bonchev–Trinajstić information content (AvgIpc) is 2.61. The number of anilines is 1. The van der Waals surface area contributed by atoms with Crippen LogP contribution in [-0.4, -0.2) is 18.9 Å². The van der Waals surface area contributed by atoms with Crippen LogP contribution in [0.4, 0.5) is 10.1 Å². The molecule has 16 heavy (non-hydrogen) atoms. The van der Waals surface area contributed by atoms with Gasteiger partial charge in [0.15, 0.2) is 0 Å². The van der Waals surface area contributed by atoms with Gasteiger partial charge in [-0.2, -0.15) is 0 Å². The van der Waals surface area contributed by atoms with Crippen LogP contribution < -0.4 is 10.4 Å². The smallest absolute Gasteiger partial charge is 0.125 e. The van der Waals surface area contributed by atoms with Crippen molar-refractivity contribution in [3.63, 3.8) is 0 Å². The average molecular weight is 221 g/mol. The fourth-order valence-corrected chi connectivity index (χ4v) is 1.83. The summed E-state index contributed by atoms with van der Waals surface area (Å²) in [5, 5.41) is 1.93. The normalized spacial score (nSPS) is 22.6. The molecule has 0 saturated carbocycles. The van der Waals surface area contributed by atoms with Crippen molar-refractivity contribution in [1.82, 2.24) is 5.43 Å². The summed E-state index contributed by atoms with van der Waals surface area (Å²) in [7, 11) is 0. The van der Waals surface area contributed by atoms with Gasteiger partial charge in [0.25, 0.3) is 0 Å². The zero-order valence-electron chi connectivity index (χ0n) is 9.57. The van der Waals surface area contributed by atoms with E-state index in [4.69, 9.17) is 0 Å². The molecule has 1 aliphatic rings. The minimum atomic E-state index is -0.215. The van der Waals surface area contributed by atoms with Crippen LogP contribution in [0.3, 0.4) is 0 Å². The van der Waals surface area contributed by atoms with Crippen molar-refractivity contribution in [2.24, 2.45) is 10.9 Å². The molecule has 86 valence electrons. The Morgan fingerprint density at radius 2 is 2.38 bits per heavy atom. The highest BCUT2D eigenvalue weighted by atomic mass is 19.1. The molecule has 1 aliphatic heterocycles. The topological polar surface area (TPSA) is 27.6 Å². The van der Waals surface area contributed by atoms with E-state index in [0.717, 1.165) is 24.6 Å². The maximum Gasteiger partial charge on any atom is 0.125 e. The van der Waals surface area contributed by atoms with E-state index in [0.29, 0.717) is 5.92 Å². The van der Waals surface area contributed by atoms with Crippen molar-refractivity contribution in [3.8, 4) is 0 Å². The van der Waals surface area contributed by atoms with Gasteiger partial charge in [-0.05, 0) is 25.1 Å². The SMILES string of the molecule is CCN=C1NN(c2cccc(F)c2)CC1C. The molecule has 1 N–H and O–H groups in total. The molecule has 0 radical (unpaired) electrons. The van der Waals surface area contributed by atoms with E-state index in [1.165, 1.54) is 12.1 Å². The number of nitrogens with one attached hydrogen (secondary N) is 1. The highest BCUT2D eigenvalue weighted by molar-refractivity contribution is 5.89. The van der Waals surface area contributed by atoms with Gasteiger partial charge in [0.2, 0.25) is 0 Å². The van der Waals surface area contributed by atoms with Crippen LogP contribution in [0.5, 0.6) is 0 Å². The van der Waals surface area contributed by atoms with E-state index in [1.54, 1.807) is 6.07 Å². The molecule has 1 aromatic carbocycles. The van der Waals surface area contributed by atoms with Crippen molar-refractivity contribution < 1.29 is 4.39 Å². The predicted octanol–water partition coefficient (Wildman–Crippen LogP) is 2.20. The minimum absolute atomic E-state index is 0.215. The molecule has 0 amide bonds. The molecular formula is C12H16FN3. The minimum Gasteiger partial charge on any atom is -0.286 e. The second kappa shape index (κ2) is 4.51. The number of aliphatic imine (C=N–C) groups is 1. The zero-order valence-corrected chi connectivity index (χ0v) is 9.57. The van der Waals surface area contributed by atoms with Gasteiger partial charge in [-0.3, -0.25) is 15.4 Å². The number of hydrogen-bond acceptors (Lipinski definition) is 2. The number of hydrazine groups is 1. The van der Waals surface area contributed by atoms with E-state index < -0.39 is 0 Å². The van der Waals surface area contributed by atoms with E-state index in [2.05, 4.69) is 17.3 Å². The first kappa shape index (κ1) is 10.9. The van der Waals surface area contributed by atoms with Crippen molar-refractivity contribution >= 4 is 11.5 Å². The molecule has 1 atom stereocenters. The van der Waals surface area contributed by atoms with Crippen LogP contribution in [0.1, 0.15) is 13.8 Å². The maximum atomic E-state index is 13.1. The van der Waals surface area contributed by atoms with Crippen LogP contribution in [0.2, 0.25) is 0 Å². The third kappa shape index (κ3) is 2.15. The van der Waals surface area contributed by atoms with Crippen LogP contribution in [0.15, 0.2) is 29.3 Å². The highest BCUT2D eigenvalue weighted by Crippen LogP contribution is 2.19. The molecule has 1 heterocycles. The summed E-state index contributed by atoms with van der Waals surface area (Å²) in [4.78, 5) is 4.37. The summed E-state index contributed by atoms with van der Waals surface area (Å²) in [6, 6.07) is 6.57. The molecule has 1 aromatic rings. The fraction of sp³-hybridized carbons (Fsp3) is 0.417. The van der Waals surface area contributed by atoms with Crippen LogP contribution in [0.25, 0.3) is 0 Å². The Kier molecular flexibility index (Phi) is 3.08. The Labute approximate surface area is 95.0 Å². The Bertz CT molecular complexity index is 403. The quantitative estimate of drug-likeness (QED) is 0.829. The first-order valence-corrected chi connectivity index (χ1v) is 5.55. The van der Waals surface area contributed by atoms with Gasteiger partial charge >= 0.3 is 0 Å². The van der Waals surface area contributed by atoms with Gasteiger partial charge in [-0.15, -0.1) is 0 Å². The lowest BCUT2D eigenvalue weighted by Gasteiger charge is -2.17. The third-order valence-electron chi connectivity index (χ3n) is 2.62. The summed E-state index contributed by atoms with van der Waals surface area (Å²) in [6.45, 7) is 5.71. The largest absolute Gasteiger partial charge is 0.286 e. The Balaban J connectivity index is 2.17. The molecule has 1 fully saturated rings. The van der Waals surface area contributed by atoms with Crippen molar-refractivity contribution in [1.29, 1.82) is 0 Å². The Hall–Kier alpha value is -1.58. The van der Waals surface area contributed by atoms with Gasteiger partial charge in [-0.25, -0.2) is 4.39 Å². The number of amidine groups is 1. The summed E-state index contributed by atoms with van der Waals surface area (Å²) in [5.41, 5.74) is 4.04. The van der Waals surface area contributed by atoms with Crippen LogP contribution in [-0.2, 0) is 0 Å². The lowest BCUT2D eigenvalue weighted by Crippen LogP contribution is -2.33. The third-order valence-corrected chi connectivity index (χ3v) is 2.62. The number of nitrogens with zero attached hydrogens (tertiary/aromatic N) is 2. The van der Waals surface area contributed by atoms with Crippen molar-refractivity contribution in [2.75, 3.05) is 18.1 Å². The number of halogens is 1. The van der Waals surface area contributed by atoms with Gasteiger partial charge < -0.3 is 0 Å². The van der Waals surface area contributed by atoms with Gasteiger partial charge in [0.05, 0.1) is 5.69 Å².